The number of hydrogen-bond acceptors (Lipinski definition) is 3. The van der Waals surface area contributed by atoms with Gasteiger partial charge in [0.2, 0.25) is 0 Å². The summed E-state index contributed by atoms with van der Waals surface area (Å²) in [5.74, 6) is 2.33. The summed E-state index contributed by atoms with van der Waals surface area (Å²) in [5.41, 5.74) is 0.733. The van der Waals surface area contributed by atoms with Crippen LogP contribution in [0.15, 0.2) is 18.2 Å². The van der Waals surface area contributed by atoms with Crippen LogP contribution in [0.25, 0.3) is 0 Å². The number of carbonyl (C=O) groups is 1. The van der Waals surface area contributed by atoms with Gasteiger partial charge in [0.25, 0.3) is 0 Å². The third kappa shape index (κ3) is 2.66. The van der Waals surface area contributed by atoms with Crippen LogP contribution < -0.4 is 9.47 Å². The van der Waals surface area contributed by atoms with E-state index in [0.717, 1.165) is 12.0 Å². The van der Waals surface area contributed by atoms with E-state index in [1.54, 1.807) is 0 Å². The average molecular weight is 248 g/mol. The lowest BCUT2D eigenvalue weighted by atomic mass is 10.1. The molecular weight excluding hydrogens is 228 g/mol. The van der Waals surface area contributed by atoms with E-state index < -0.39 is 0 Å². The van der Waals surface area contributed by atoms with E-state index in [9.17, 15) is 4.79 Å². The molecule has 0 spiro atoms. The van der Waals surface area contributed by atoms with Crippen molar-refractivity contribution in [2.45, 2.75) is 27.2 Å². The molecule has 98 valence electrons. The number of ether oxygens (including phenoxy) is 2. The van der Waals surface area contributed by atoms with Gasteiger partial charge in [0, 0.05) is 11.5 Å². The predicted molar refractivity (Wildman–Crippen MR) is 70.4 cm³/mol. The van der Waals surface area contributed by atoms with Crippen LogP contribution in [0.2, 0.25) is 0 Å². The molecule has 1 aromatic rings. The summed E-state index contributed by atoms with van der Waals surface area (Å²) in [6.07, 6.45) is 1.01. The van der Waals surface area contributed by atoms with Gasteiger partial charge in [-0.3, -0.25) is 4.79 Å². The molecule has 1 saturated carbocycles. The molecule has 3 nitrogen and oxygen atoms in total. The standard InChI is InChI=1S/C15H20O3/c1-4-17-13-7-6-11(9-14(13)18-5-2)15(16)12-8-10(12)3/h6-7,9-10,12H,4-5,8H2,1-3H3. The van der Waals surface area contributed by atoms with E-state index >= 15 is 0 Å². The summed E-state index contributed by atoms with van der Waals surface area (Å²) in [4.78, 5) is 12.1. The Morgan fingerprint density at radius 1 is 1.22 bits per heavy atom. The van der Waals surface area contributed by atoms with E-state index in [1.165, 1.54) is 0 Å². The van der Waals surface area contributed by atoms with Gasteiger partial charge in [-0.05, 0) is 44.4 Å². The molecule has 1 aromatic carbocycles. The lowest BCUT2D eigenvalue weighted by Gasteiger charge is -2.12. The Bertz CT molecular complexity index is 439. The van der Waals surface area contributed by atoms with E-state index in [1.807, 2.05) is 32.0 Å². The van der Waals surface area contributed by atoms with E-state index in [-0.39, 0.29) is 11.7 Å². The molecule has 0 heterocycles. The molecule has 2 atom stereocenters. The second-order valence-corrected chi connectivity index (χ2v) is 4.71. The summed E-state index contributed by atoms with van der Waals surface area (Å²) in [6.45, 7) is 7.12. The van der Waals surface area contributed by atoms with Crippen LogP contribution in [0.5, 0.6) is 11.5 Å². The van der Waals surface area contributed by atoms with Crippen LogP contribution in [0, 0.1) is 11.8 Å². The topological polar surface area (TPSA) is 35.5 Å². The molecule has 0 bridgehead atoms. The summed E-state index contributed by atoms with van der Waals surface area (Å²) >= 11 is 0. The fraction of sp³-hybridized carbons (Fsp3) is 0.533. The first kappa shape index (κ1) is 12.9. The molecule has 2 unspecified atom stereocenters. The number of carbonyl (C=O) groups excluding carboxylic acids is 1. The highest BCUT2D eigenvalue weighted by Gasteiger charge is 2.39. The monoisotopic (exact) mass is 248 g/mol. The first-order valence-corrected chi connectivity index (χ1v) is 6.61. The van der Waals surface area contributed by atoms with Gasteiger partial charge in [-0.15, -0.1) is 0 Å². The van der Waals surface area contributed by atoms with Crippen LogP contribution >= 0.6 is 0 Å². The van der Waals surface area contributed by atoms with Crippen molar-refractivity contribution in [2.75, 3.05) is 13.2 Å². The lowest BCUT2D eigenvalue weighted by molar-refractivity contribution is 0.0962. The van der Waals surface area contributed by atoms with Crippen molar-refractivity contribution < 1.29 is 14.3 Å². The summed E-state index contributed by atoms with van der Waals surface area (Å²) in [5, 5.41) is 0. The normalized spacial score (nSPS) is 21.5. The third-order valence-corrected chi connectivity index (χ3v) is 3.27. The zero-order chi connectivity index (χ0) is 13.1. The number of ketones is 1. The molecule has 3 heteroatoms. The summed E-state index contributed by atoms with van der Waals surface area (Å²) in [7, 11) is 0. The molecule has 0 amide bonds. The molecule has 0 N–H and O–H groups in total. The smallest absolute Gasteiger partial charge is 0.166 e. The Hall–Kier alpha value is -1.51. The van der Waals surface area contributed by atoms with Gasteiger partial charge in [-0.25, -0.2) is 0 Å². The lowest BCUT2D eigenvalue weighted by Crippen LogP contribution is -2.05. The molecule has 0 radical (unpaired) electrons. The Balaban J connectivity index is 2.21. The Kier molecular flexibility index (Phi) is 3.90. The summed E-state index contributed by atoms with van der Waals surface area (Å²) < 4.78 is 11.0. The predicted octanol–water partition coefficient (Wildman–Crippen LogP) is 3.32. The van der Waals surface area contributed by atoms with Crippen molar-refractivity contribution in [1.29, 1.82) is 0 Å². The van der Waals surface area contributed by atoms with Crippen molar-refractivity contribution in [3.63, 3.8) is 0 Å². The van der Waals surface area contributed by atoms with E-state index in [4.69, 9.17) is 9.47 Å². The molecule has 18 heavy (non-hydrogen) atoms. The second-order valence-electron chi connectivity index (χ2n) is 4.71. The van der Waals surface area contributed by atoms with Crippen molar-refractivity contribution in [3.05, 3.63) is 23.8 Å². The second kappa shape index (κ2) is 5.42. The minimum absolute atomic E-state index is 0.206. The Labute approximate surface area is 108 Å². The van der Waals surface area contributed by atoms with Crippen LogP contribution in [0.3, 0.4) is 0 Å². The first-order chi connectivity index (χ1) is 8.67. The zero-order valence-corrected chi connectivity index (χ0v) is 11.2. The quantitative estimate of drug-likeness (QED) is 0.724. The molecule has 0 aromatic heterocycles. The highest BCUT2D eigenvalue weighted by molar-refractivity contribution is 6.00. The third-order valence-electron chi connectivity index (χ3n) is 3.27. The van der Waals surface area contributed by atoms with Gasteiger partial charge in [0.1, 0.15) is 0 Å². The van der Waals surface area contributed by atoms with Gasteiger partial charge < -0.3 is 9.47 Å². The number of hydrogen-bond donors (Lipinski definition) is 0. The summed E-state index contributed by atoms with van der Waals surface area (Å²) in [6, 6.07) is 5.47. The van der Waals surface area contributed by atoms with Gasteiger partial charge in [0.05, 0.1) is 13.2 Å². The maximum absolute atomic E-state index is 12.1. The molecular formula is C15H20O3. The van der Waals surface area contributed by atoms with Gasteiger partial charge in [-0.1, -0.05) is 6.92 Å². The number of benzene rings is 1. The fourth-order valence-corrected chi connectivity index (χ4v) is 2.11. The van der Waals surface area contributed by atoms with Crippen LogP contribution in [-0.4, -0.2) is 19.0 Å². The fourth-order valence-electron chi connectivity index (χ4n) is 2.11. The van der Waals surface area contributed by atoms with Gasteiger partial charge >= 0.3 is 0 Å². The SMILES string of the molecule is CCOc1ccc(C(=O)C2CC2C)cc1OCC. The van der Waals surface area contributed by atoms with Gasteiger partial charge in [0.15, 0.2) is 17.3 Å². The number of Topliss-reactive ketones (excluding diaryl/α,β-unsaturated/α-hetero) is 1. The Morgan fingerprint density at radius 2 is 1.83 bits per heavy atom. The van der Waals surface area contributed by atoms with Gasteiger partial charge in [-0.2, -0.15) is 0 Å². The van der Waals surface area contributed by atoms with E-state index in [0.29, 0.717) is 30.6 Å². The average Bonchev–Trinajstić information content (AvgIpc) is 3.08. The maximum Gasteiger partial charge on any atom is 0.166 e. The zero-order valence-electron chi connectivity index (χ0n) is 11.2. The highest BCUT2D eigenvalue weighted by atomic mass is 16.5. The minimum Gasteiger partial charge on any atom is -0.490 e. The molecule has 1 fully saturated rings. The van der Waals surface area contributed by atoms with Crippen LogP contribution in [-0.2, 0) is 0 Å². The highest BCUT2D eigenvalue weighted by Crippen LogP contribution is 2.41. The van der Waals surface area contributed by atoms with Crippen molar-refractivity contribution >= 4 is 5.78 Å². The van der Waals surface area contributed by atoms with Crippen molar-refractivity contribution in [1.82, 2.24) is 0 Å². The van der Waals surface area contributed by atoms with Crippen molar-refractivity contribution in [2.24, 2.45) is 11.8 Å². The largest absolute Gasteiger partial charge is 0.490 e. The molecule has 2 rings (SSSR count). The Morgan fingerprint density at radius 3 is 2.39 bits per heavy atom. The molecule has 0 aliphatic heterocycles. The maximum atomic E-state index is 12.1. The number of rotatable bonds is 6. The van der Waals surface area contributed by atoms with Crippen molar-refractivity contribution in [3.8, 4) is 11.5 Å². The first-order valence-electron chi connectivity index (χ1n) is 6.61. The minimum atomic E-state index is 0.206. The molecule has 0 saturated heterocycles. The van der Waals surface area contributed by atoms with E-state index in [2.05, 4.69) is 6.92 Å². The van der Waals surface area contributed by atoms with Crippen LogP contribution in [0.4, 0.5) is 0 Å². The molecule has 1 aliphatic carbocycles. The van der Waals surface area contributed by atoms with Crippen LogP contribution in [0.1, 0.15) is 37.6 Å². The molecule has 1 aliphatic rings.